The summed E-state index contributed by atoms with van der Waals surface area (Å²) in [5, 5.41) is 12.0. The number of aliphatic hydroxyl groups excluding tert-OH is 1. The van der Waals surface area contributed by atoms with E-state index in [2.05, 4.69) is 12.2 Å². The Morgan fingerprint density at radius 1 is 1.15 bits per heavy atom. The van der Waals surface area contributed by atoms with Crippen LogP contribution in [0.4, 0.5) is 0 Å². The second-order valence-electron chi connectivity index (χ2n) is 4.32. The summed E-state index contributed by atoms with van der Waals surface area (Å²) in [7, 11) is 0. The molecule has 0 atom stereocenters. The van der Waals surface area contributed by atoms with Crippen molar-refractivity contribution in [3.8, 4) is 11.5 Å². The molecule has 0 amide bonds. The van der Waals surface area contributed by atoms with Gasteiger partial charge in [0.25, 0.3) is 0 Å². The number of aliphatic hydroxyl groups is 1. The molecule has 0 spiro atoms. The van der Waals surface area contributed by atoms with Gasteiger partial charge in [0, 0.05) is 13.2 Å². The topological polar surface area (TPSA) is 50.7 Å². The van der Waals surface area contributed by atoms with Crippen molar-refractivity contribution in [2.45, 2.75) is 33.2 Å². The molecule has 0 heterocycles. The minimum atomic E-state index is 0. The van der Waals surface area contributed by atoms with Crippen molar-refractivity contribution in [2.24, 2.45) is 0 Å². The van der Waals surface area contributed by atoms with Gasteiger partial charge in [0.1, 0.15) is 0 Å². The van der Waals surface area contributed by atoms with E-state index in [1.165, 1.54) is 0 Å². The van der Waals surface area contributed by atoms with E-state index in [0.717, 1.165) is 43.0 Å². The molecule has 2 N–H and O–H groups in total. The predicted octanol–water partition coefficient (Wildman–Crippen LogP) is 2.77. The van der Waals surface area contributed by atoms with Crippen molar-refractivity contribution in [1.29, 1.82) is 0 Å². The molecule has 0 aliphatic carbocycles. The maximum Gasteiger partial charge on any atom is 0.161 e. The second-order valence-corrected chi connectivity index (χ2v) is 4.32. The van der Waals surface area contributed by atoms with Crippen LogP contribution in [0.1, 0.15) is 32.3 Å². The number of benzene rings is 1. The highest BCUT2D eigenvalue weighted by atomic mass is 35.5. The minimum absolute atomic E-state index is 0. The molecule has 0 radical (unpaired) electrons. The van der Waals surface area contributed by atoms with Gasteiger partial charge in [0.15, 0.2) is 11.5 Å². The van der Waals surface area contributed by atoms with Crippen molar-refractivity contribution in [2.75, 3.05) is 26.4 Å². The molecule has 0 aliphatic rings. The standard InChI is InChI=1S/C15H25NO3.ClH/c1-3-10-19-14-7-6-13(11-15(14)18-4-2)12-16-8-5-9-17;/h6-7,11,16-17H,3-5,8-10,12H2,1-2H3;1H. The van der Waals surface area contributed by atoms with Gasteiger partial charge in [-0.25, -0.2) is 0 Å². The van der Waals surface area contributed by atoms with E-state index >= 15 is 0 Å². The third-order valence-electron chi connectivity index (χ3n) is 2.61. The van der Waals surface area contributed by atoms with Gasteiger partial charge in [-0.3, -0.25) is 0 Å². The normalized spacial score (nSPS) is 9.95. The molecule has 1 aromatic rings. The zero-order chi connectivity index (χ0) is 13.9. The average Bonchev–Trinajstić information content (AvgIpc) is 2.43. The zero-order valence-electron chi connectivity index (χ0n) is 12.4. The molecule has 0 aliphatic heterocycles. The first-order valence-electron chi connectivity index (χ1n) is 7.01. The molecule has 20 heavy (non-hydrogen) atoms. The van der Waals surface area contributed by atoms with Crippen LogP contribution in [0.25, 0.3) is 0 Å². The first-order chi connectivity index (χ1) is 9.31. The second kappa shape index (κ2) is 11.8. The van der Waals surface area contributed by atoms with Crippen LogP contribution in [0.15, 0.2) is 18.2 Å². The number of nitrogens with one attached hydrogen (secondary N) is 1. The van der Waals surface area contributed by atoms with E-state index in [1.807, 2.05) is 25.1 Å². The third-order valence-corrected chi connectivity index (χ3v) is 2.61. The Balaban J connectivity index is 0.00000361. The van der Waals surface area contributed by atoms with E-state index in [0.29, 0.717) is 13.2 Å². The number of ether oxygens (including phenoxy) is 2. The van der Waals surface area contributed by atoms with Crippen molar-refractivity contribution >= 4 is 12.4 Å². The number of hydrogen-bond donors (Lipinski definition) is 2. The van der Waals surface area contributed by atoms with Gasteiger partial charge in [0.2, 0.25) is 0 Å². The van der Waals surface area contributed by atoms with Crippen molar-refractivity contribution in [1.82, 2.24) is 5.32 Å². The largest absolute Gasteiger partial charge is 0.490 e. The Labute approximate surface area is 127 Å². The van der Waals surface area contributed by atoms with Gasteiger partial charge in [-0.2, -0.15) is 0 Å². The van der Waals surface area contributed by atoms with Crippen LogP contribution < -0.4 is 14.8 Å². The summed E-state index contributed by atoms with van der Waals surface area (Å²) in [4.78, 5) is 0. The Bertz CT molecular complexity index is 361. The molecule has 0 bridgehead atoms. The molecule has 5 heteroatoms. The van der Waals surface area contributed by atoms with Gasteiger partial charge in [-0.05, 0) is 44.0 Å². The Kier molecular flexibility index (Phi) is 11.3. The maximum absolute atomic E-state index is 8.72. The lowest BCUT2D eigenvalue weighted by Gasteiger charge is -2.13. The lowest BCUT2D eigenvalue weighted by Crippen LogP contribution is -2.15. The highest BCUT2D eigenvalue weighted by Crippen LogP contribution is 2.28. The van der Waals surface area contributed by atoms with Gasteiger partial charge >= 0.3 is 0 Å². The monoisotopic (exact) mass is 303 g/mol. The summed E-state index contributed by atoms with van der Waals surface area (Å²) in [6.45, 7) is 7.19. The van der Waals surface area contributed by atoms with E-state index < -0.39 is 0 Å². The molecule has 4 nitrogen and oxygen atoms in total. The van der Waals surface area contributed by atoms with Crippen LogP contribution in [0.2, 0.25) is 0 Å². The fraction of sp³-hybridized carbons (Fsp3) is 0.600. The van der Waals surface area contributed by atoms with E-state index in [1.54, 1.807) is 0 Å². The lowest BCUT2D eigenvalue weighted by atomic mass is 10.2. The van der Waals surface area contributed by atoms with Gasteiger partial charge in [0.05, 0.1) is 13.2 Å². The molecule has 0 fully saturated rings. The summed E-state index contributed by atoms with van der Waals surface area (Å²) in [6.07, 6.45) is 1.76. The van der Waals surface area contributed by atoms with Crippen LogP contribution >= 0.6 is 12.4 Å². The van der Waals surface area contributed by atoms with Crippen LogP contribution in [0.5, 0.6) is 11.5 Å². The fourth-order valence-corrected chi connectivity index (χ4v) is 1.70. The van der Waals surface area contributed by atoms with E-state index in [9.17, 15) is 0 Å². The smallest absolute Gasteiger partial charge is 0.161 e. The number of rotatable bonds is 10. The molecule has 1 rings (SSSR count). The van der Waals surface area contributed by atoms with E-state index in [-0.39, 0.29) is 19.0 Å². The SMILES string of the molecule is CCCOc1ccc(CNCCCO)cc1OCC.Cl. The molecule has 116 valence electrons. The number of halogens is 1. The van der Waals surface area contributed by atoms with Crippen molar-refractivity contribution < 1.29 is 14.6 Å². The summed E-state index contributed by atoms with van der Waals surface area (Å²) in [5.41, 5.74) is 1.16. The first-order valence-corrected chi connectivity index (χ1v) is 7.01. The van der Waals surface area contributed by atoms with Gasteiger partial charge < -0.3 is 19.9 Å². The minimum Gasteiger partial charge on any atom is -0.490 e. The predicted molar refractivity (Wildman–Crippen MR) is 84.1 cm³/mol. The average molecular weight is 304 g/mol. The van der Waals surface area contributed by atoms with Gasteiger partial charge in [-0.15, -0.1) is 12.4 Å². The van der Waals surface area contributed by atoms with Crippen molar-refractivity contribution in [3.63, 3.8) is 0 Å². The molecule has 0 unspecified atom stereocenters. The van der Waals surface area contributed by atoms with Crippen LogP contribution in [0, 0.1) is 0 Å². The molecule has 0 saturated heterocycles. The number of hydrogen-bond acceptors (Lipinski definition) is 4. The first kappa shape index (κ1) is 19.0. The maximum atomic E-state index is 8.72. The Hall–Kier alpha value is -0.970. The molecular formula is C15H26ClNO3. The summed E-state index contributed by atoms with van der Waals surface area (Å²) in [6, 6.07) is 6.02. The third kappa shape index (κ3) is 6.98. The molecular weight excluding hydrogens is 278 g/mol. The van der Waals surface area contributed by atoms with Crippen LogP contribution in [0.3, 0.4) is 0 Å². The molecule has 0 saturated carbocycles. The summed E-state index contributed by atoms with van der Waals surface area (Å²) < 4.78 is 11.3. The summed E-state index contributed by atoms with van der Waals surface area (Å²) >= 11 is 0. The lowest BCUT2D eigenvalue weighted by molar-refractivity contribution is 0.276. The Morgan fingerprint density at radius 3 is 2.60 bits per heavy atom. The Morgan fingerprint density at radius 2 is 1.95 bits per heavy atom. The highest BCUT2D eigenvalue weighted by Gasteiger charge is 2.06. The van der Waals surface area contributed by atoms with E-state index in [4.69, 9.17) is 14.6 Å². The quantitative estimate of drug-likeness (QED) is 0.653. The van der Waals surface area contributed by atoms with Crippen LogP contribution in [-0.2, 0) is 6.54 Å². The van der Waals surface area contributed by atoms with Gasteiger partial charge in [-0.1, -0.05) is 13.0 Å². The van der Waals surface area contributed by atoms with Crippen LogP contribution in [-0.4, -0.2) is 31.5 Å². The van der Waals surface area contributed by atoms with Crippen molar-refractivity contribution in [3.05, 3.63) is 23.8 Å². The fourth-order valence-electron chi connectivity index (χ4n) is 1.70. The molecule has 1 aromatic carbocycles. The highest BCUT2D eigenvalue weighted by molar-refractivity contribution is 5.85. The summed E-state index contributed by atoms with van der Waals surface area (Å²) in [5.74, 6) is 1.61. The zero-order valence-corrected chi connectivity index (χ0v) is 13.2. The molecule has 0 aromatic heterocycles.